The first kappa shape index (κ1) is 27.6. The van der Waals surface area contributed by atoms with Gasteiger partial charge in [0.2, 0.25) is 0 Å². The van der Waals surface area contributed by atoms with E-state index in [9.17, 15) is 14.7 Å². The molecule has 1 aromatic heterocycles. The molecule has 3 saturated heterocycles. The summed E-state index contributed by atoms with van der Waals surface area (Å²) in [6.07, 6.45) is 5.26. The Balaban J connectivity index is 1.68. The largest absolute Gasteiger partial charge is 0.497 e. The first-order chi connectivity index (χ1) is 19.1. The van der Waals surface area contributed by atoms with Crippen molar-refractivity contribution in [2.45, 2.75) is 51.2 Å². The van der Waals surface area contributed by atoms with E-state index in [0.29, 0.717) is 28.8 Å². The molecule has 2 bridgehead atoms. The molecule has 3 aliphatic rings. The van der Waals surface area contributed by atoms with E-state index in [0.717, 1.165) is 42.4 Å². The molecule has 1 amide bonds. The number of hydrogen-bond donors (Lipinski definition) is 2. The van der Waals surface area contributed by atoms with Gasteiger partial charge >= 0.3 is 12.1 Å². The number of carboxylic acids is 1. The Kier molecular flexibility index (Phi) is 7.55. The molecule has 6 rings (SSSR count). The first-order valence-electron chi connectivity index (χ1n) is 13.7. The van der Waals surface area contributed by atoms with Crippen molar-refractivity contribution in [1.29, 1.82) is 0 Å². The highest BCUT2D eigenvalue weighted by Crippen LogP contribution is 2.46. The second-order valence-corrected chi connectivity index (χ2v) is 11.7. The average Bonchev–Trinajstić information content (AvgIpc) is 2.92. The Bertz CT molecular complexity index is 1450. The van der Waals surface area contributed by atoms with Gasteiger partial charge in [-0.2, -0.15) is 0 Å². The average molecular weight is 544 g/mol. The summed E-state index contributed by atoms with van der Waals surface area (Å²) < 4.78 is 11.0. The van der Waals surface area contributed by atoms with E-state index in [1.54, 1.807) is 52.3 Å². The van der Waals surface area contributed by atoms with Gasteiger partial charge in [0.15, 0.2) is 0 Å². The van der Waals surface area contributed by atoms with Crippen LogP contribution in [-0.4, -0.2) is 58.9 Å². The lowest BCUT2D eigenvalue weighted by atomic mass is 9.69. The number of piperidine rings is 3. The Labute approximate surface area is 235 Å². The molecule has 210 valence electrons. The molecule has 8 heteroatoms. The van der Waals surface area contributed by atoms with Gasteiger partial charge in [-0.25, -0.2) is 9.59 Å². The number of nitrogens with one attached hydrogen (secondary N) is 1. The Morgan fingerprint density at radius 1 is 1.18 bits per heavy atom. The molecule has 0 radical (unpaired) electrons. The number of amides is 1. The fraction of sp³-hybridized carbons (Fsp3) is 0.406. The summed E-state index contributed by atoms with van der Waals surface area (Å²) in [5.41, 5.74) is 2.45. The summed E-state index contributed by atoms with van der Waals surface area (Å²) >= 11 is 0. The van der Waals surface area contributed by atoms with Crippen molar-refractivity contribution in [3.05, 3.63) is 78.0 Å². The number of anilines is 1. The van der Waals surface area contributed by atoms with Gasteiger partial charge < -0.3 is 14.6 Å². The number of pyridine rings is 1. The zero-order valence-corrected chi connectivity index (χ0v) is 23.5. The molecule has 2 aromatic carbocycles. The van der Waals surface area contributed by atoms with Crippen LogP contribution in [-0.2, 0) is 4.74 Å². The van der Waals surface area contributed by atoms with E-state index in [4.69, 9.17) is 9.47 Å². The van der Waals surface area contributed by atoms with E-state index < -0.39 is 17.7 Å². The van der Waals surface area contributed by atoms with Crippen LogP contribution in [0, 0.1) is 11.8 Å². The quantitative estimate of drug-likeness (QED) is 0.337. The molecule has 3 aliphatic heterocycles. The van der Waals surface area contributed by atoms with Crippen molar-refractivity contribution in [3.8, 4) is 5.75 Å². The van der Waals surface area contributed by atoms with Gasteiger partial charge in [0.05, 0.1) is 18.2 Å². The van der Waals surface area contributed by atoms with Crippen molar-refractivity contribution in [1.82, 2.24) is 9.88 Å². The Hall–Kier alpha value is -3.91. The van der Waals surface area contributed by atoms with Crippen LogP contribution in [0.1, 0.15) is 61.0 Å². The standard InChI is InChI=1S/C32H37N3O5/c1-6-19-18-35-14-12-20(19)15-28(35)29(23-11-13-33-27-10-8-22(39-5)17-25(23)27)26-16-21(7-9-24(26)30(36)37)34-31(38)40-32(2,3)4/h6-11,13,16-17,19-20,28-29H,1,12,14-15,18H2,2-5H3,(H,34,38)(H,36,37)/t19-,20+,28?,29?/m0/s1. The van der Waals surface area contributed by atoms with Crippen LogP contribution in [0.15, 0.2) is 61.3 Å². The van der Waals surface area contributed by atoms with Gasteiger partial charge in [-0.05, 0) is 106 Å². The second-order valence-electron chi connectivity index (χ2n) is 11.7. The van der Waals surface area contributed by atoms with E-state index in [2.05, 4.69) is 27.9 Å². The summed E-state index contributed by atoms with van der Waals surface area (Å²) in [6.45, 7) is 11.3. The highest BCUT2D eigenvalue weighted by atomic mass is 16.6. The predicted octanol–water partition coefficient (Wildman–Crippen LogP) is 6.32. The Morgan fingerprint density at radius 3 is 2.62 bits per heavy atom. The van der Waals surface area contributed by atoms with Gasteiger partial charge in [0, 0.05) is 35.8 Å². The number of carbonyl (C=O) groups excluding carboxylic acids is 1. The summed E-state index contributed by atoms with van der Waals surface area (Å²) in [6, 6.07) is 12.8. The van der Waals surface area contributed by atoms with Crippen LogP contribution in [0.4, 0.5) is 10.5 Å². The number of fused-ring (bicyclic) bond motifs is 4. The van der Waals surface area contributed by atoms with Crippen LogP contribution in [0.25, 0.3) is 10.9 Å². The summed E-state index contributed by atoms with van der Waals surface area (Å²) in [7, 11) is 1.63. The monoisotopic (exact) mass is 543 g/mol. The first-order valence-corrected chi connectivity index (χ1v) is 13.7. The molecule has 40 heavy (non-hydrogen) atoms. The minimum Gasteiger partial charge on any atom is -0.497 e. The maximum Gasteiger partial charge on any atom is 0.412 e. The summed E-state index contributed by atoms with van der Waals surface area (Å²) in [4.78, 5) is 32.3. The molecular weight excluding hydrogens is 506 g/mol. The minimum absolute atomic E-state index is 0.0571. The lowest BCUT2D eigenvalue weighted by molar-refractivity contribution is 0.0120. The van der Waals surface area contributed by atoms with Crippen LogP contribution in [0.2, 0.25) is 0 Å². The molecule has 8 nitrogen and oxygen atoms in total. The summed E-state index contributed by atoms with van der Waals surface area (Å²) in [5.74, 6) is 0.293. The zero-order valence-electron chi connectivity index (χ0n) is 23.5. The second kappa shape index (κ2) is 10.9. The van der Waals surface area contributed by atoms with Gasteiger partial charge in [-0.15, -0.1) is 6.58 Å². The zero-order chi connectivity index (χ0) is 28.6. The Morgan fingerprint density at radius 2 is 1.98 bits per heavy atom. The van der Waals surface area contributed by atoms with E-state index >= 15 is 0 Å². The molecular formula is C32H37N3O5. The van der Waals surface area contributed by atoms with Crippen LogP contribution in [0.3, 0.4) is 0 Å². The molecule has 3 aromatic rings. The molecule has 4 heterocycles. The number of benzene rings is 2. The van der Waals surface area contributed by atoms with Gasteiger partial charge in [-0.1, -0.05) is 6.08 Å². The molecule has 2 N–H and O–H groups in total. The van der Waals surface area contributed by atoms with E-state index in [1.165, 1.54) is 0 Å². The SMILES string of the molecule is C=C[C@H]1CN2CC[C@@H]1CC2C(c1cc(NC(=O)OC(C)(C)C)ccc1C(=O)O)c1ccnc2ccc(OC)cc12. The third-order valence-electron chi connectivity index (χ3n) is 8.12. The van der Waals surface area contributed by atoms with Gasteiger partial charge in [-0.3, -0.25) is 15.2 Å². The fourth-order valence-electron chi connectivity index (χ4n) is 6.36. The van der Waals surface area contributed by atoms with E-state index in [1.807, 2.05) is 24.3 Å². The van der Waals surface area contributed by atoms with Crippen molar-refractivity contribution in [2.24, 2.45) is 11.8 Å². The molecule has 3 fully saturated rings. The van der Waals surface area contributed by atoms with Crippen LogP contribution < -0.4 is 10.1 Å². The predicted molar refractivity (Wildman–Crippen MR) is 155 cm³/mol. The molecule has 5 atom stereocenters. The smallest absolute Gasteiger partial charge is 0.412 e. The number of nitrogens with zero attached hydrogens (tertiary/aromatic N) is 2. The van der Waals surface area contributed by atoms with Crippen molar-refractivity contribution in [3.63, 3.8) is 0 Å². The lowest BCUT2D eigenvalue weighted by Gasteiger charge is -2.52. The number of methoxy groups -OCH3 is 1. The fourth-order valence-corrected chi connectivity index (χ4v) is 6.36. The minimum atomic E-state index is -1.01. The maximum atomic E-state index is 12.6. The van der Waals surface area contributed by atoms with Crippen molar-refractivity contribution >= 4 is 28.7 Å². The molecule has 0 spiro atoms. The number of aromatic nitrogens is 1. The van der Waals surface area contributed by atoms with Crippen LogP contribution >= 0.6 is 0 Å². The maximum absolute atomic E-state index is 12.6. The number of carbonyl (C=O) groups is 2. The molecule has 0 saturated carbocycles. The van der Waals surface area contributed by atoms with Crippen molar-refractivity contribution in [2.75, 3.05) is 25.5 Å². The normalized spacial score (nSPS) is 22.9. The molecule has 0 aliphatic carbocycles. The third kappa shape index (κ3) is 5.54. The topological polar surface area (TPSA) is 101 Å². The summed E-state index contributed by atoms with van der Waals surface area (Å²) in [5, 5.41) is 14.0. The number of carboxylic acid groups (broad SMARTS) is 1. The van der Waals surface area contributed by atoms with E-state index in [-0.39, 0.29) is 17.5 Å². The molecule has 3 unspecified atom stereocenters. The van der Waals surface area contributed by atoms with Crippen molar-refractivity contribution < 1.29 is 24.2 Å². The number of rotatable bonds is 7. The lowest BCUT2D eigenvalue weighted by Crippen LogP contribution is -2.55. The number of ether oxygens (including phenoxy) is 2. The third-order valence-corrected chi connectivity index (χ3v) is 8.12. The van der Waals surface area contributed by atoms with Gasteiger partial charge in [0.1, 0.15) is 11.4 Å². The van der Waals surface area contributed by atoms with Crippen LogP contribution in [0.5, 0.6) is 5.75 Å². The number of aromatic carboxylic acids is 1. The highest BCUT2D eigenvalue weighted by molar-refractivity contribution is 5.93. The number of hydrogen-bond acceptors (Lipinski definition) is 6. The highest BCUT2D eigenvalue weighted by Gasteiger charge is 2.44. The van der Waals surface area contributed by atoms with Gasteiger partial charge in [0.25, 0.3) is 0 Å².